The van der Waals surface area contributed by atoms with Gasteiger partial charge in [0, 0.05) is 13.2 Å². The van der Waals surface area contributed by atoms with Gasteiger partial charge in [-0.05, 0) is 18.1 Å². The summed E-state index contributed by atoms with van der Waals surface area (Å²) in [7, 11) is -2.06. The molecule has 2 heterocycles. The van der Waals surface area contributed by atoms with Crippen molar-refractivity contribution in [1.29, 1.82) is 0 Å². The first-order valence-electron chi connectivity index (χ1n) is 5.68. The summed E-state index contributed by atoms with van der Waals surface area (Å²) in [5, 5.41) is -0.0692. The Kier molecular flexibility index (Phi) is 4.02. The second-order valence-electron chi connectivity index (χ2n) is 3.90. The molecule has 0 saturated heterocycles. The lowest BCUT2D eigenvalue weighted by atomic mass is 10.3. The number of anilines is 1. The van der Waals surface area contributed by atoms with E-state index >= 15 is 0 Å². The molecule has 0 aliphatic rings. The number of nitrogens with zero attached hydrogens (tertiary/aromatic N) is 3. The third kappa shape index (κ3) is 3.34. The van der Waals surface area contributed by atoms with Gasteiger partial charge in [0.25, 0.3) is 10.0 Å². The van der Waals surface area contributed by atoms with Crippen LogP contribution in [0.3, 0.4) is 0 Å². The molecule has 2 aromatic heterocycles. The van der Waals surface area contributed by atoms with Crippen molar-refractivity contribution in [2.45, 2.75) is 5.03 Å². The first kappa shape index (κ1) is 14.0. The highest BCUT2D eigenvalue weighted by Gasteiger charge is 2.17. The van der Waals surface area contributed by atoms with Crippen LogP contribution in [0.25, 0.3) is 0 Å². The molecule has 0 unspecified atom stereocenters. The first-order valence-corrected chi connectivity index (χ1v) is 7.16. The molecule has 0 fully saturated rings. The Morgan fingerprint density at radius 2 is 2.25 bits per heavy atom. The summed E-state index contributed by atoms with van der Waals surface area (Å²) in [6, 6.07) is 4.86. The summed E-state index contributed by atoms with van der Waals surface area (Å²) in [5.41, 5.74) is 5.71. The second kappa shape index (κ2) is 5.73. The van der Waals surface area contributed by atoms with Gasteiger partial charge in [0.2, 0.25) is 0 Å². The number of hydrogen-bond donors (Lipinski definition) is 2. The van der Waals surface area contributed by atoms with Crippen LogP contribution in [0, 0.1) is 11.8 Å². The molecule has 20 heavy (non-hydrogen) atoms. The summed E-state index contributed by atoms with van der Waals surface area (Å²) in [6.45, 7) is 0.214. The zero-order valence-electron chi connectivity index (χ0n) is 10.7. The van der Waals surface area contributed by atoms with Gasteiger partial charge in [-0.25, -0.2) is 9.97 Å². The molecular weight excluding hydrogens is 278 g/mol. The molecule has 0 atom stereocenters. The lowest BCUT2D eigenvalue weighted by Gasteiger charge is -2.04. The zero-order valence-corrected chi connectivity index (χ0v) is 11.6. The maximum Gasteiger partial charge on any atom is 0.282 e. The topological polar surface area (TPSA) is 103 Å². The van der Waals surface area contributed by atoms with Gasteiger partial charge in [0.1, 0.15) is 11.5 Å². The largest absolute Gasteiger partial charge is 0.339 e. The number of pyridine rings is 1. The highest BCUT2D eigenvalue weighted by atomic mass is 32.2. The van der Waals surface area contributed by atoms with Crippen molar-refractivity contribution in [3.8, 4) is 11.8 Å². The lowest BCUT2D eigenvalue weighted by molar-refractivity contribution is 0.598. The Labute approximate surface area is 116 Å². The molecule has 0 saturated carbocycles. The molecule has 0 radical (unpaired) electrons. The van der Waals surface area contributed by atoms with E-state index in [0.717, 1.165) is 0 Å². The standard InChI is InChI=1S/C12H13N5O2S/c1-17-8-12(14-9-17)20(18,19)16-11-6-2-4-10(15-11)5-3-7-13/h2,4,6,8-9H,7,13H2,1H3,(H,15,16). The van der Waals surface area contributed by atoms with Crippen LogP contribution >= 0.6 is 0 Å². The predicted octanol–water partition coefficient (Wildman–Crippen LogP) is -0.0739. The summed E-state index contributed by atoms with van der Waals surface area (Å²) >= 11 is 0. The molecule has 2 aromatic rings. The average Bonchev–Trinajstić information content (AvgIpc) is 2.84. The third-order valence-electron chi connectivity index (χ3n) is 2.26. The minimum absolute atomic E-state index is 0.0692. The molecule has 0 bridgehead atoms. The van der Waals surface area contributed by atoms with Gasteiger partial charge < -0.3 is 10.3 Å². The number of aromatic nitrogens is 3. The van der Waals surface area contributed by atoms with Crippen molar-refractivity contribution in [3.63, 3.8) is 0 Å². The van der Waals surface area contributed by atoms with E-state index in [2.05, 4.69) is 26.5 Å². The van der Waals surface area contributed by atoms with Crippen molar-refractivity contribution in [2.75, 3.05) is 11.3 Å². The SMILES string of the molecule is Cn1cnc(S(=O)(=O)Nc2cccc(C#CCN)n2)c1. The molecule has 3 N–H and O–H groups in total. The monoisotopic (exact) mass is 291 g/mol. The van der Waals surface area contributed by atoms with E-state index in [-0.39, 0.29) is 17.4 Å². The van der Waals surface area contributed by atoms with E-state index in [1.165, 1.54) is 18.6 Å². The normalized spacial score (nSPS) is 10.7. The average molecular weight is 291 g/mol. The van der Waals surface area contributed by atoms with Gasteiger partial charge >= 0.3 is 0 Å². The minimum Gasteiger partial charge on any atom is -0.339 e. The molecule has 104 valence electrons. The highest BCUT2D eigenvalue weighted by Crippen LogP contribution is 2.12. The quantitative estimate of drug-likeness (QED) is 0.770. The summed E-state index contributed by atoms with van der Waals surface area (Å²) in [4.78, 5) is 7.87. The first-order chi connectivity index (χ1) is 9.51. The van der Waals surface area contributed by atoms with E-state index in [4.69, 9.17) is 5.73 Å². The van der Waals surface area contributed by atoms with Crippen LogP contribution < -0.4 is 10.5 Å². The molecule has 0 aromatic carbocycles. The van der Waals surface area contributed by atoms with Crippen molar-refractivity contribution >= 4 is 15.8 Å². The maximum absolute atomic E-state index is 12.1. The van der Waals surface area contributed by atoms with Crippen LogP contribution in [0.1, 0.15) is 5.69 Å². The van der Waals surface area contributed by atoms with E-state index in [1.54, 1.807) is 23.7 Å². The second-order valence-corrected chi connectivity index (χ2v) is 5.53. The number of nitrogens with two attached hydrogens (primary N) is 1. The molecule has 7 nitrogen and oxygen atoms in total. The van der Waals surface area contributed by atoms with Gasteiger partial charge in [-0.1, -0.05) is 12.0 Å². The van der Waals surface area contributed by atoms with Crippen LogP contribution in [-0.2, 0) is 17.1 Å². The van der Waals surface area contributed by atoms with Crippen LogP contribution in [0.5, 0.6) is 0 Å². The molecule has 2 rings (SSSR count). The molecule has 0 aliphatic carbocycles. The summed E-state index contributed by atoms with van der Waals surface area (Å²) in [6.07, 6.45) is 2.81. The fraction of sp³-hybridized carbons (Fsp3) is 0.167. The van der Waals surface area contributed by atoms with Crippen LogP contribution in [0.2, 0.25) is 0 Å². The van der Waals surface area contributed by atoms with Gasteiger partial charge in [-0.15, -0.1) is 0 Å². The number of sulfonamides is 1. The van der Waals surface area contributed by atoms with Crippen LogP contribution in [-0.4, -0.2) is 29.5 Å². The Bertz CT molecular complexity index is 770. The fourth-order valence-corrected chi connectivity index (χ4v) is 2.40. The number of hydrogen-bond acceptors (Lipinski definition) is 5. The van der Waals surface area contributed by atoms with Crippen molar-refractivity contribution in [3.05, 3.63) is 36.4 Å². The Morgan fingerprint density at radius 3 is 2.90 bits per heavy atom. The van der Waals surface area contributed by atoms with Gasteiger partial charge in [-0.3, -0.25) is 4.72 Å². The smallest absolute Gasteiger partial charge is 0.282 e. The van der Waals surface area contributed by atoms with Gasteiger partial charge in [0.15, 0.2) is 5.03 Å². The minimum atomic E-state index is -3.75. The van der Waals surface area contributed by atoms with Gasteiger partial charge in [-0.2, -0.15) is 8.42 Å². The van der Waals surface area contributed by atoms with Crippen molar-refractivity contribution < 1.29 is 8.42 Å². The van der Waals surface area contributed by atoms with Gasteiger partial charge in [0.05, 0.1) is 12.9 Å². The van der Waals surface area contributed by atoms with Crippen LogP contribution in [0.4, 0.5) is 5.82 Å². The van der Waals surface area contributed by atoms with Crippen molar-refractivity contribution in [1.82, 2.24) is 14.5 Å². The number of rotatable bonds is 3. The molecular formula is C12H13N5O2S. The number of imidazole rings is 1. The third-order valence-corrected chi connectivity index (χ3v) is 3.50. The van der Waals surface area contributed by atoms with E-state index in [9.17, 15) is 8.42 Å². The number of aryl methyl sites for hydroxylation is 1. The van der Waals surface area contributed by atoms with E-state index in [0.29, 0.717) is 5.69 Å². The Morgan fingerprint density at radius 1 is 1.45 bits per heavy atom. The Balaban J connectivity index is 2.25. The molecule has 0 amide bonds. The highest BCUT2D eigenvalue weighted by molar-refractivity contribution is 7.92. The number of nitrogens with one attached hydrogen (secondary N) is 1. The summed E-state index contributed by atoms with van der Waals surface area (Å²) in [5.74, 6) is 5.57. The predicted molar refractivity (Wildman–Crippen MR) is 74.2 cm³/mol. The summed E-state index contributed by atoms with van der Waals surface area (Å²) < 4.78 is 28.0. The van der Waals surface area contributed by atoms with Crippen molar-refractivity contribution in [2.24, 2.45) is 12.8 Å². The van der Waals surface area contributed by atoms with E-state index in [1.807, 2.05) is 0 Å². The van der Waals surface area contributed by atoms with E-state index < -0.39 is 10.0 Å². The zero-order chi connectivity index (χ0) is 14.6. The van der Waals surface area contributed by atoms with Crippen LogP contribution in [0.15, 0.2) is 35.7 Å². The molecule has 0 spiro atoms. The molecule has 8 heteroatoms. The lowest BCUT2D eigenvalue weighted by Crippen LogP contribution is -2.14. The fourth-order valence-electron chi connectivity index (χ4n) is 1.42. The maximum atomic E-state index is 12.1. The molecule has 0 aliphatic heterocycles. The Hall–Kier alpha value is -2.37.